The second-order valence-electron chi connectivity index (χ2n) is 37.4. The summed E-state index contributed by atoms with van der Waals surface area (Å²) in [6.07, 6.45) is 49.7. The van der Waals surface area contributed by atoms with E-state index >= 15 is 0 Å². The van der Waals surface area contributed by atoms with Gasteiger partial charge in [-0.1, -0.05) is 398 Å². The molecule has 11 aromatic carbocycles. The molecule has 0 amide bonds. The van der Waals surface area contributed by atoms with Gasteiger partial charge in [0.15, 0.2) is 0 Å². The lowest BCUT2D eigenvalue weighted by atomic mass is 9.61. The summed E-state index contributed by atoms with van der Waals surface area (Å²) in [5.41, 5.74) is 32.5. The minimum Gasteiger partial charge on any atom is -0.456 e. The molecule has 1 aliphatic heterocycles. The lowest BCUT2D eigenvalue weighted by Gasteiger charge is -2.43. The first-order valence-corrected chi connectivity index (χ1v) is 48.3. The monoisotopic (exact) mass is 1570 g/mol. The molecule has 3 unspecified atom stereocenters. The molecule has 2 aromatic heterocycles. The van der Waals surface area contributed by atoms with Gasteiger partial charge in [0.1, 0.15) is 22.3 Å². The molecule has 0 fully saturated rings. The second-order valence-corrected chi connectivity index (χ2v) is 37.4. The predicted molar refractivity (Wildman–Crippen MR) is 512 cm³/mol. The summed E-state index contributed by atoms with van der Waals surface area (Å²) in [5, 5.41) is 5.09. The lowest BCUT2D eigenvalue weighted by Crippen LogP contribution is -2.34. The first-order chi connectivity index (χ1) is 58.7. The summed E-state index contributed by atoms with van der Waals surface area (Å²) in [6.45, 7) is 14.4. The zero-order chi connectivity index (χ0) is 81.2. The Morgan fingerprint density at radius 1 is 0.261 bits per heavy atom. The van der Waals surface area contributed by atoms with Gasteiger partial charge in [-0.15, -0.1) is 0 Å². The van der Waals surface area contributed by atoms with Crippen molar-refractivity contribution in [1.29, 1.82) is 0 Å². The Morgan fingerprint density at radius 3 is 1.22 bits per heavy atom. The van der Waals surface area contributed by atoms with Crippen molar-refractivity contribution in [2.45, 2.75) is 315 Å². The van der Waals surface area contributed by atoms with Crippen LogP contribution in [0.25, 0.3) is 111 Å². The van der Waals surface area contributed by atoms with Crippen LogP contribution in [0.3, 0.4) is 0 Å². The minimum absolute atomic E-state index is 0.0754. The molecule has 0 spiro atoms. The fourth-order valence-corrected chi connectivity index (χ4v) is 23.6. The number of furan rings is 2. The molecule has 3 heteroatoms. The van der Waals surface area contributed by atoms with Gasteiger partial charge in [-0.05, 0) is 214 Å². The number of nitrogens with zero attached hydrogens (tertiary/aromatic N) is 1. The third-order valence-electron chi connectivity index (χ3n) is 29.9. The molecule has 0 N–H and O–H groups in total. The summed E-state index contributed by atoms with van der Waals surface area (Å²) in [5.74, 6) is 0. The van der Waals surface area contributed by atoms with Crippen LogP contribution in [0.4, 0.5) is 17.1 Å². The fraction of sp³-hybridized carbons (Fsp3) is 0.431. The zero-order valence-corrected chi connectivity index (χ0v) is 73.4. The summed E-state index contributed by atoms with van der Waals surface area (Å²) in [7, 11) is 0. The average molecular weight is 1580 g/mol. The van der Waals surface area contributed by atoms with Gasteiger partial charge in [0.2, 0.25) is 0 Å². The van der Waals surface area contributed by atoms with Crippen LogP contribution < -0.4 is 4.90 Å². The highest BCUT2D eigenvalue weighted by Gasteiger charge is 2.52. The average Bonchev–Trinajstić information content (AvgIpc) is 1.52. The molecule has 3 aliphatic carbocycles. The van der Waals surface area contributed by atoms with E-state index in [2.05, 4.69) is 271 Å². The number of benzene rings is 11. The zero-order valence-electron chi connectivity index (χ0n) is 73.4. The smallest absolute Gasteiger partial charge is 0.143 e. The summed E-state index contributed by atoms with van der Waals surface area (Å²) in [4.78, 5) is 2.81. The number of fused-ring (bicyclic) bond motifs is 19. The minimum atomic E-state index is -0.335. The van der Waals surface area contributed by atoms with Crippen molar-refractivity contribution >= 4 is 60.9 Å². The highest BCUT2D eigenvalue weighted by molar-refractivity contribution is 6.19. The van der Waals surface area contributed by atoms with Gasteiger partial charge in [0, 0.05) is 65.9 Å². The quantitative estimate of drug-likeness (QED) is 0.0359. The largest absolute Gasteiger partial charge is 0.456 e. The van der Waals surface area contributed by atoms with Crippen LogP contribution in [0.5, 0.6) is 0 Å². The van der Waals surface area contributed by atoms with Crippen molar-refractivity contribution in [3.05, 3.63) is 258 Å². The molecule has 3 atom stereocenters. The molecule has 119 heavy (non-hydrogen) atoms. The lowest BCUT2D eigenvalue weighted by molar-refractivity contribution is 0.149. The number of rotatable bonds is 40. The van der Waals surface area contributed by atoms with Crippen molar-refractivity contribution < 1.29 is 8.83 Å². The van der Waals surface area contributed by atoms with Gasteiger partial charge < -0.3 is 13.7 Å². The van der Waals surface area contributed by atoms with Crippen molar-refractivity contribution in [2.24, 2.45) is 5.41 Å². The highest BCUT2D eigenvalue weighted by Crippen LogP contribution is 2.67. The van der Waals surface area contributed by atoms with Crippen LogP contribution in [0.2, 0.25) is 0 Å². The topological polar surface area (TPSA) is 29.5 Å². The maximum atomic E-state index is 7.38. The molecule has 4 bridgehead atoms. The molecule has 13 aromatic rings. The third-order valence-corrected chi connectivity index (χ3v) is 29.9. The molecule has 0 saturated carbocycles. The van der Waals surface area contributed by atoms with Gasteiger partial charge in [-0.25, -0.2) is 0 Å². The Labute approximate surface area is 714 Å². The van der Waals surface area contributed by atoms with Gasteiger partial charge in [-0.3, -0.25) is 0 Å². The summed E-state index contributed by atoms with van der Waals surface area (Å²) in [6, 6.07) is 89.3. The van der Waals surface area contributed by atoms with Crippen LogP contribution >= 0.6 is 0 Å². The van der Waals surface area contributed by atoms with Crippen molar-refractivity contribution in [3.8, 4) is 66.8 Å². The molecule has 3 heterocycles. The van der Waals surface area contributed by atoms with E-state index < -0.39 is 0 Å². The highest BCUT2D eigenvalue weighted by atomic mass is 16.3. The Hall–Kier alpha value is -9.18. The molecule has 616 valence electrons. The first-order valence-electron chi connectivity index (χ1n) is 48.3. The van der Waals surface area contributed by atoms with E-state index in [0.29, 0.717) is 0 Å². The standard InChI is InChI=1S/C116H135NO2/c1-7-13-19-24-28-47-71-114(72-48-29-25-20-14-8-2)98-67-68-106-109(93-57-40-42-61-104(93)118-106)108(98)97-83-101-96(82-102(97)114)91-65-63-87-79-99(91)115(101,73-49-30-26-21-15-9-3)77-75-113(69-44-18-12-6,70-45-23-17-11-5)76-78-116(74-46-27-22-16-10-4)100-80-88(117(87)111-89(84-51-34-31-35-52-84)59-50-60-90(111)85-53-36-32-37-54-85)64-66-92(100)107-103(116)81-95(86-55-38-33-39-56-86)112-110(107)94-58-41-43-62-105(94)119-112/h31-43,50-68,79-83H,7-30,44-49,69-78H2,1-6H3. The van der Waals surface area contributed by atoms with E-state index in [1.54, 1.807) is 22.3 Å². The van der Waals surface area contributed by atoms with Gasteiger partial charge in [0.25, 0.3) is 0 Å². The molecule has 17 rings (SSSR count). The number of para-hydroxylation sites is 3. The normalized spacial score (nSPS) is 17.5. The van der Waals surface area contributed by atoms with E-state index in [-0.39, 0.29) is 21.7 Å². The van der Waals surface area contributed by atoms with Crippen LogP contribution in [0.15, 0.2) is 233 Å². The Morgan fingerprint density at radius 2 is 0.664 bits per heavy atom. The third kappa shape index (κ3) is 15.9. The van der Waals surface area contributed by atoms with Crippen LogP contribution in [0, 0.1) is 5.41 Å². The summed E-state index contributed by atoms with van der Waals surface area (Å²) < 4.78 is 14.5. The number of unbranched alkanes of at least 4 members (excludes halogenated alkanes) is 24. The maximum Gasteiger partial charge on any atom is 0.143 e. The molecular weight excluding hydrogens is 1440 g/mol. The van der Waals surface area contributed by atoms with Crippen LogP contribution in [-0.4, -0.2) is 0 Å². The van der Waals surface area contributed by atoms with Crippen LogP contribution in [-0.2, 0) is 16.2 Å². The van der Waals surface area contributed by atoms with Gasteiger partial charge in [0.05, 0.1) is 5.69 Å². The van der Waals surface area contributed by atoms with Gasteiger partial charge in [-0.2, -0.15) is 0 Å². The number of hydrogen-bond donors (Lipinski definition) is 0. The van der Waals surface area contributed by atoms with Crippen molar-refractivity contribution in [3.63, 3.8) is 0 Å². The van der Waals surface area contributed by atoms with E-state index in [1.165, 1.54) is 348 Å². The van der Waals surface area contributed by atoms with E-state index in [0.717, 1.165) is 48.0 Å². The first kappa shape index (κ1) is 82.1. The maximum absolute atomic E-state index is 7.38. The number of hydrogen-bond acceptors (Lipinski definition) is 3. The van der Waals surface area contributed by atoms with Crippen molar-refractivity contribution in [2.75, 3.05) is 4.90 Å². The fourth-order valence-electron chi connectivity index (χ4n) is 23.6. The van der Waals surface area contributed by atoms with E-state index in [1.807, 2.05) is 0 Å². The Kier molecular flexibility index (Phi) is 25.8. The predicted octanol–water partition coefficient (Wildman–Crippen LogP) is 36.5. The van der Waals surface area contributed by atoms with E-state index in [4.69, 9.17) is 8.83 Å². The molecule has 4 aliphatic rings. The van der Waals surface area contributed by atoms with Gasteiger partial charge >= 0.3 is 0 Å². The number of anilines is 3. The van der Waals surface area contributed by atoms with Crippen LogP contribution in [0.1, 0.15) is 332 Å². The van der Waals surface area contributed by atoms with Crippen molar-refractivity contribution in [1.82, 2.24) is 0 Å². The second kappa shape index (κ2) is 37.4. The molecular formula is C116H135NO2. The molecule has 0 radical (unpaired) electrons. The molecule has 3 nitrogen and oxygen atoms in total. The van der Waals surface area contributed by atoms with E-state index in [9.17, 15) is 0 Å². The Bertz CT molecular complexity index is 5520. The summed E-state index contributed by atoms with van der Waals surface area (Å²) >= 11 is 0. The molecule has 0 saturated heterocycles. The SMILES string of the molecule is CCCCCCCCC12CCC(CCCCC)(CCCCCC)CCC3(CCCCCCC)c4cc(ccc4-c4c3cc(-c3ccccc3)c3oc5ccccc5c43)N(c3c(-c4ccccc4)cccc3-c3ccccc3)c3ccc(c1c3)-c1cc3c(cc12)-c1c(ccc2oc4ccccc4c12)C3(CCCCCCCC)CCCCCCCC. The Balaban J connectivity index is 0.980.